The first-order valence-electron chi connectivity index (χ1n) is 12.9. The zero-order valence-electron chi connectivity index (χ0n) is 22.5. The summed E-state index contributed by atoms with van der Waals surface area (Å²) >= 11 is 0. The fourth-order valence-corrected chi connectivity index (χ4v) is 4.45. The van der Waals surface area contributed by atoms with Crippen LogP contribution in [-0.4, -0.2) is 73.6 Å². The lowest BCUT2D eigenvalue weighted by molar-refractivity contribution is -0.140. The first-order valence-corrected chi connectivity index (χ1v) is 12.9. The topological polar surface area (TPSA) is 88.5 Å². The number of ether oxygens (including phenoxy) is 3. The maximum absolute atomic E-state index is 13.3. The molecule has 1 heterocycles. The van der Waals surface area contributed by atoms with Gasteiger partial charge < -0.3 is 29.1 Å². The molecule has 8 nitrogen and oxygen atoms in total. The molecule has 2 aromatic carbocycles. The van der Waals surface area contributed by atoms with E-state index in [0.717, 1.165) is 25.9 Å². The lowest BCUT2D eigenvalue weighted by Crippen LogP contribution is -2.38. The maximum Gasteiger partial charge on any atom is 0.295 e. The predicted octanol–water partition coefficient (Wildman–Crippen LogP) is 4.65. The molecule has 37 heavy (non-hydrogen) atoms. The summed E-state index contributed by atoms with van der Waals surface area (Å²) in [4.78, 5) is 30.3. The third kappa shape index (κ3) is 6.25. The van der Waals surface area contributed by atoms with E-state index >= 15 is 0 Å². The average molecular weight is 511 g/mol. The van der Waals surface area contributed by atoms with E-state index in [4.69, 9.17) is 14.2 Å². The Morgan fingerprint density at radius 1 is 0.973 bits per heavy atom. The van der Waals surface area contributed by atoms with E-state index in [1.807, 2.05) is 6.07 Å². The first kappa shape index (κ1) is 28.1. The normalized spacial score (nSPS) is 16.9. The summed E-state index contributed by atoms with van der Waals surface area (Å²) in [6.07, 6.45) is 1.92. The van der Waals surface area contributed by atoms with Crippen LogP contribution in [0.1, 0.15) is 50.8 Å². The van der Waals surface area contributed by atoms with Gasteiger partial charge in [-0.2, -0.15) is 0 Å². The third-order valence-corrected chi connectivity index (χ3v) is 6.71. The van der Waals surface area contributed by atoms with Gasteiger partial charge in [0.05, 0.1) is 32.4 Å². The van der Waals surface area contributed by atoms with Crippen molar-refractivity contribution in [3.8, 4) is 17.2 Å². The zero-order valence-corrected chi connectivity index (χ0v) is 22.5. The van der Waals surface area contributed by atoms with Crippen LogP contribution in [0.25, 0.3) is 5.76 Å². The number of nitrogens with zero attached hydrogens (tertiary/aromatic N) is 2. The Labute approximate surface area is 219 Å². The van der Waals surface area contributed by atoms with Gasteiger partial charge >= 0.3 is 0 Å². The average Bonchev–Trinajstić information content (AvgIpc) is 3.18. The number of carbonyl (C=O) groups is 2. The van der Waals surface area contributed by atoms with E-state index in [2.05, 4.69) is 25.7 Å². The van der Waals surface area contributed by atoms with Crippen molar-refractivity contribution in [1.29, 1.82) is 0 Å². The predicted molar refractivity (Wildman–Crippen MR) is 143 cm³/mol. The number of likely N-dealkylation sites (tertiary alicyclic amines) is 1. The highest BCUT2D eigenvalue weighted by Gasteiger charge is 2.46. The highest BCUT2D eigenvalue weighted by molar-refractivity contribution is 6.46. The second-order valence-electron chi connectivity index (χ2n) is 8.86. The largest absolute Gasteiger partial charge is 0.507 e. The number of methoxy groups -OCH3 is 2. The zero-order chi connectivity index (χ0) is 26.9. The fraction of sp³-hybridized carbons (Fsp3) is 0.448. The molecule has 1 atom stereocenters. The lowest BCUT2D eigenvalue weighted by Gasteiger charge is -2.28. The van der Waals surface area contributed by atoms with Gasteiger partial charge in [-0.05, 0) is 61.5 Å². The Bertz CT molecular complexity index is 1110. The molecule has 0 spiro atoms. The number of carbonyl (C=O) groups excluding carboxylic acids is 2. The minimum absolute atomic E-state index is 0.0522. The molecule has 3 rings (SSSR count). The Kier molecular flexibility index (Phi) is 9.97. The number of likely N-dealkylation sites (N-methyl/N-ethyl adjacent to an activating group) is 1. The monoisotopic (exact) mass is 510 g/mol. The van der Waals surface area contributed by atoms with Crippen LogP contribution in [0.2, 0.25) is 0 Å². The molecule has 1 unspecified atom stereocenters. The lowest BCUT2D eigenvalue weighted by atomic mass is 9.95. The summed E-state index contributed by atoms with van der Waals surface area (Å²) in [5.41, 5.74) is 1.14. The fourth-order valence-electron chi connectivity index (χ4n) is 4.45. The summed E-state index contributed by atoms with van der Waals surface area (Å²) in [5, 5.41) is 11.3. The van der Waals surface area contributed by atoms with Crippen LogP contribution < -0.4 is 14.2 Å². The van der Waals surface area contributed by atoms with Gasteiger partial charge in [-0.3, -0.25) is 9.59 Å². The van der Waals surface area contributed by atoms with Crippen molar-refractivity contribution in [2.75, 3.05) is 47.0 Å². The van der Waals surface area contributed by atoms with E-state index < -0.39 is 17.7 Å². The quantitative estimate of drug-likeness (QED) is 0.182. The van der Waals surface area contributed by atoms with Crippen LogP contribution in [0.15, 0.2) is 48.0 Å². The van der Waals surface area contributed by atoms with Crippen molar-refractivity contribution in [2.24, 2.45) is 0 Å². The molecule has 0 radical (unpaired) electrons. The van der Waals surface area contributed by atoms with Crippen molar-refractivity contribution >= 4 is 17.4 Å². The van der Waals surface area contributed by atoms with Gasteiger partial charge in [0, 0.05) is 18.7 Å². The molecule has 1 saturated heterocycles. The number of benzene rings is 2. The van der Waals surface area contributed by atoms with E-state index in [-0.39, 0.29) is 11.3 Å². The summed E-state index contributed by atoms with van der Waals surface area (Å²) < 4.78 is 16.7. The number of rotatable bonds is 13. The summed E-state index contributed by atoms with van der Waals surface area (Å²) in [6.45, 7) is 9.37. The number of amides is 1. The van der Waals surface area contributed by atoms with Crippen molar-refractivity contribution < 1.29 is 28.9 Å². The molecule has 1 aliphatic heterocycles. The van der Waals surface area contributed by atoms with Crippen LogP contribution in [-0.2, 0) is 9.59 Å². The highest BCUT2D eigenvalue weighted by Crippen LogP contribution is 2.42. The summed E-state index contributed by atoms with van der Waals surface area (Å²) in [6, 6.07) is 11.4. The van der Waals surface area contributed by atoms with Gasteiger partial charge in [-0.25, -0.2) is 0 Å². The molecular formula is C29H38N2O6. The van der Waals surface area contributed by atoms with Crippen LogP contribution >= 0.6 is 0 Å². The summed E-state index contributed by atoms with van der Waals surface area (Å²) in [5.74, 6) is 0.159. The number of Topliss-reactive ketones (excluding diaryl/α,β-unsaturated/α-hetero) is 1. The van der Waals surface area contributed by atoms with Crippen LogP contribution in [0.5, 0.6) is 17.2 Å². The number of unbranched alkanes of at least 4 members (excludes halogenated alkanes) is 1. The van der Waals surface area contributed by atoms with Crippen molar-refractivity contribution in [1.82, 2.24) is 9.80 Å². The minimum atomic E-state index is -0.767. The molecule has 8 heteroatoms. The van der Waals surface area contributed by atoms with Crippen LogP contribution in [0, 0.1) is 0 Å². The Morgan fingerprint density at radius 3 is 2.27 bits per heavy atom. The van der Waals surface area contributed by atoms with Gasteiger partial charge in [0.1, 0.15) is 11.5 Å². The molecule has 1 amide bonds. The molecule has 1 aliphatic rings. The van der Waals surface area contributed by atoms with Crippen LogP contribution in [0.4, 0.5) is 0 Å². The molecule has 1 N–H and O–H groups in total. The Balaban J connectivity index is 2.09. The Hall–Kier alpha value is -3.52. The van der Waals surface area contributed by atoms with E-state index in [9.17, 15) is 14.7 Å². The second kappa shape index (κ2) is 13.1. The van der Waals surface area contributed by atoms with Crippen molar-refractivity contribution in [3.05, 3.63) is 59.2 Å². The SMILES string of the molecule is CCCCOc1ccc(C2/C(=C(\O)c3ccc(OC)cc3)C(=O)C(=O)N2CCN(CC)CC)cc1OC. The highest BCUT2D eigenvalue weighted by atomic mass is 16.5. The van der Waals surface area contributed by atoms with Gasteiger partial charge in [0.2, 0.25) is 0 Å². The number of aliphatic hydroxyl groups excluding tert-OH is 1. The molecule has 2 aromatic rings. The Morgan fingerprint density at radius 2 is 1.68 bits per heavy atom. The van der Waals surface area contributed by atoms with Gasteiger partial charge in [0.25, 0.3) is 11.7 Å². The molecule has 0 bridgehead atoms. The smallest absolute Gasteiger partial charge is 0.295 e. The van der Waals surface area contributed by atoms with Gasteiger partial charge in [-0.15, -0.1) is 0 Å². The molecule has 0 aromatic heterocycles. The van der Waals surface area contributed by atoms with Crippen molar-refractivity contribution in [2.45, 2.75) is 39.7 Å². The number of aliphatic hydroxyl groups is 1. The van der Waals surface area contributed by atoms with Gasteiger partial charge in [-0.1, -0.05) is 33.3 Å². The molecule has 0 saturated carbocycles. The van der Waals surface area contributed by atoms with E-state index in [0.29, 0.717) is 48.1 Å². The number of hydrogen-bond donors (Lipinski definition) is 1. The first-order chi connectivity index (χ1) is 17.9. The van der Waals surface area contributed by atoms with Crippen LogP contribution in [0.3, 0.4) is 0 Å². The minimum Gasteiger partial charge on any atom is -0.507 e. The van der Waals surface area contributed by atoms with Gasteiger partial charge in [0.15, 0.2) is 11.5 Å². The molecule has 200 valence electrons. The molecule has 1 fully saturated rings. The van der Waals surface area contributed by atoms with E-state index in [1.165, 1.54) is 0 Å². The summed E-state index contributed by atoms with van der Waals surface area (Å²) in [7, 11) is 3.11. The third-order valence-electron chi connectivity index (χ3n) is 6.71. The molecular weight excluding hydrogens is 472 g/mol. The standard InChI is InChI=1S/C29H38N2O6/c1-6-9-18-37-23-15-12-21(19-24(23)36-5)26-25(27(32)20-10-13-22(35-4)14-11-20)28(33)29(34)31(26)17-16-30(7-2)8-3/h10-15,19,26,32H,6-9,16-18H2,1-5H3/b27-25+. The van der Waals surface area contributed by atoms with E-state index in [1.54, 1.807) is 55.5 Å². The number of ketones is 1. The number of hydrogen-bond acceptors (Lipinski definition) is 7. The maximum atomic E-state index is 13.3. The van der Waals surface area contributed by atoms with Crippen molar-refractivity contribution in [3.63, 3.8) is 0 Å². The second-order valence-corrected chi connectivity index (χ2v) is 8.86. The molecule has 0 aliphatic carbocycles.